The predicted octanol–water partition coefficient (Wildman–Crippen LogP) is 3.80. The summed E-state index contributed by atoms with van der Waals surface area (Å²) in [5.74, 6) is 0.116. The van der Waals surface area contributed by atoms with E-state index in [1.165, 1.54) is 19.2 Å². The van der Waals surface area contributed by atoms with Crippen LogP contribution in [0.25, 0.3) is 0 Å². The number of nitrogens with one attached hydrogen (secondary N) is 1. The fourth-order valence-electron chi connectivity index (χ4n) is 1.81. The van der Waals surface area contributed by atoms with Gasteiger partial charge in [0.05, 0.1) is 30.5 Å². The molecule has 2 aromatic rings. The molecule has 0 aliphatic rings. The number of ether oxygens (including phenoxy) is 2. The normalized spacial score (nSPS) is 10.0. The van der Waals surface area contributed by atoms with Gasteiger partial charge >= 0.3 is 5.97 Å². The van der Waals surface area contributed by atoms with Crippen molar-refractivity contribution in [3.63, 3.8) is 0 Å². The van der Waals surface area contributed by atoms with E-state index in [2.05, 4.69) is 5.32 Å². The van der Waals surface area contributed by atoms with Crippen molar-refractivity contribution in [1.82, 2.24) is 0 Å². The first-order valence-electron chi connectivity index (χ1n) is 6.07. The van der Waals surface area contributed by atoms with E-state index in [9.17, 15) is 4.79 Å². The third-order valence-electron chi connectivity index (χ3n) is 2.88. The first kappa shape index (κ1) is 15.0. The lowest BCUT2D eigenvalue weighted by molar-refractivity contribution is 0.0697. The molecule has 0 heterocycles. The highest BCUT2D eigenvalue weighted by Gasteiger charge is 2.10. The average molecular weight is 308 g/mol. The standard InChI is InChI=1S/C15H14ClNO4/c1-20-13-8-14(21-2)12(7-11(13)16)17-10-5-3-9(4-6-10)15(18)19/h3-8,17H,1-2H3,(H,18,19). The zero-order chi connectivity index (χ0) is 15.4. The topological polar surface area (TPSA) is 67.8 Å². The molecule has 0 aliphatic heterocycles. The van der Waals surface area contributed by atoms with Gasteiger partial charge in [0.15, 0.2) is 0 Å². The Morgan fingerprint density at radius 3 is 2.24 bits per heavy atom. The predicted molar refractivity (Wildman–Crippen MR) is 81.2 cm³/mol. The van der Waals surface area contributed by atoms with E-state index in [0.29, 0.717) is 22.2 Å². The summed E-state index contributed by atoms with van der Waals surface area (Å²) in [6.07, 6.45) is 0. The number of methoxy groups -OCH3 is 2. The Kier molecular flexibility index (Phi) is 4.55. The van der Waals surface area contributed by atoms with Crippen molar-refractivity contribution in [2.75, 3.05) is 19.5 Å². The molecule has 0 radical (unpaired) electrons. The highest BCUT2D eigenvalue weighted by atomic mass is 35.5. The lowest BCUT2D eigenvalue weighted by Gasteiger charge is -2.14. The molecule has 2 rings (SSSR count). The molecule has 0 aromatic heterocycles. The highest BCUT2D eigenvalue weighted by molar-refractivity contribution is 6.32. The number of carboxylic acids is 1. The van der Waals surface area contributed by atoms with E-state index in [-0.39, 0.29) is 5.56 Å². The number of hydrogen-bond donors (Lipinski definition) is 2. The van der Waals surface area contributed by atoms with Gasteiger partial charge < -0.3 is 19.9 Å². The molecule has 110 valence electrons. The van der Waals surface area contributed by atoms with Crippen molar-refractivity contribution < 1.29 is 19.4 Å². The SMILES string of the molecule is COc1cc(OC)c(Nc2ccc(C(=O)O)cc2)cc1Cl. The maximum Gasteiger partial charge on any atom is 0.335 e. The number of halogens is 1. The van der Waals surface area contributed by atoms with Crippen molar-refractivity contribution in [3.05, 3.63) is 47.0 Å². The second kappa shape index (κ2) is 6.37. The van der Waals surface area contributed by atoms with Gasteiger partial charge in [0.1, 0.15) is 11.5 Å². The number of carboxylic acid groups (broad SMARTS) is 1. The number of carbonyl (C=O) groups is 1. The van der Waals surface area contributed by atoms with Crippen LogP contribution < -0.4 is 14.8 Å². The van der Waals surface area contributed by atoms with Crippen molar-refractivity contribution in [1.29, 1.82) is 0 Å². The van der Waals surface area contributed by atoms with Gasteiger partial charge in [-0.05, 0) is 30.3 Å². The second-order valence-corrected chi connectivity index (χ2v) is 4.60. The van der Waals surface area contributed by atoms with Crippen LogP contribution in [0.5, 0.6) is 11.5 Å². The summed E-state index contributed by atoms with van der Waals surface area (Å²) in [4.78, 5) is 10.8. The molecule has 0 fully saturated rings. The zero-order valence-corrected chi connectivity index (χ0v) is 12.3. The van der Waals surface area contributed by atoms with Crippen LogP contribution in [0.2, 0.25) is 5.02 Å². The van der Waals surface area contributed by atoms with Gasteiger partial charge in [-0.15, -0.1) is 0 Å². The molecule has 2 N–H and O–H groups in total. The molecule has 0 unspecified atom stereocenters. The van der Waals surface area contributed by atoms with E-state index in [1.807, 2.05) is 0 Å². The van der Waals surface area contributed by atoms with E-state index in [1.54, 1.807) is 31.4 Å². The summed E-state index contributed by atoms with van der Waals surface area (Å²) in [7, 11) is 3.07. The molecular formula is C15H14ClNO4. The molecule has 6 heteroatoms. The van der Waals surface area contributed by atoms with Gasteiger partial charge in [-0.2, -0.15) is 0 Å². The quantitative estimate of drug-likeness (QED) is 0.879. The van der Waals surface area contributed by atoms with E-state index in [0.717, 1.165) is 5.69 Å². The smallest absolute Gasteiger partial charge is 0.335 e. The van der Waals surface area contributed by atoms with Gasteiger partial charge in [0.2, 0.25) is 0 Å². The third-order valence-corrected chi connectivity index (χ3v) is 3.18. The monoisotopic (exact) mass is 307 g/mol. The van der Waals surface area contributed by atoms with Crippen LogP contribution in [0.1, 0.15) is 10.4 Å². The molecule has 21 heavy (non-hydrogen) atoms. The van der Waals surface area contributed by atoms with Crippen LogP contribution in [0.15, 0.2) is 36.4 Å². The Bertz CT molecular complexity index is 655. The Hall–Kier alpha value is -2.40. The Morgan fingerprint density at radius 2 is 1.71 bits per heavy atom. The molecule has 2 aromatic carbocycles. The molecule has 0 saturated heterocycles. The number of benzene rings is 2. The maximum atomic E-state index is 10.8. The number of aromatic carboxylic acids is 1. The Balaban J connectivity index is 2.30. The average Bonchev–Trinajstić information content (AvgIpc) is 2.48. The van der Waals surface area contributed by atoms with Crippen LogP contribution in [-0.2, 0) is 0 Å². The summed E-state index contributed by atoms with van der Waals surface area (Å²) in [5, 5.41) is 12.4. The third kappa shape index (κ3) is 3.38. The van der Waals surface area contributed by atoms with Gasteiger partial charge in [-0.1, -0.05) is 11.6 Å². The Morgan fingerprint density at radius 1 is 1.10 bits per heavy atom. The fourth-order valence-corrected chi connectivity index (χ4v) is 2.05. The van der Waals surface area contributed by atoms with Gasteiger partial charge in [0.25, 0.3) is 0 Å². The molecule has 0 spiro atoms. The number of hydrogen-bond acceptors (Lipinski definition) is 4. The van der Waals surface area contributed by atoms with Crippen molar-refractivity contribution in [2.45, 2.75) is 0 Å². The zero-order valence-electron chi connectivity index (χ0n) is 11.5. The highest BCUT2D eigenvalue weighted by Crippen LogP contribution is 2.37. The minimum Gasteiger partial charge on any atom is -0.495 e. The van der Waals surface area contributed by atoms with Crippen LogP contribution in [-0.4, -0.2) is 25.3 Å². The Labute approximate surface area is 127 Å². The van der Waals surface area contributed by atoms with Crippen LogP contribution in [0.4, 0.5) is 11.4 Å². The van der Waals surface area contributed by atoms with E-state index >= 15 is 0 Å². The minimum absolute atomic E-state index is 0.222. The van der Waals surface area contributed by atoms with Crippen LogP contribution in [0, 0.1) is 0 Å². The van der Waals surface area contributed by atoms with Crippen molar-refractivity contribution in [2.24, 2.45) is 0 Å². The summed E-state index contributed by atoms with van der Waals surface area (Å²) < 4.78 is 10.4. The number of anilines is 2. The fraction of sp³-hybridized carbons (Fsp3) is 0.133. The summed E-state index contributed by atoms with van der Waals surface area (Å²) in [6, 6.07) is 9.73. The second-order valence-electron chi connectivity index (χ2n) is 4.19. The van der Waals surface area contributed by atoms with Crippen LogP contribution in [0.3, 0.4) is 0 Å². The molecule has 0 aliphatic carbocycles. The molecule has 0 amide bonds. The number of rotatable bonds is 5. The molecule has 0 bridgehead atoms. The van der Waals surface area contributed by atoms with Crippen molar-refractivity contribution in [3.8, 4) is 11.5 Å². The molecule has 0 atom stereocenters. The molecule has 5 nitrogen and oxygen atoms in total. The van der Waals surface area contributed by atoms with E-state index < -0.39 is 5.97 Å². The first-order valence-corrected chi connectivity index (χ1v) is 6.45. The van der Waals surface area contributed by atoms with Crippen LogP contribution >= 0.6 is 11.6 Å². The van der Waals surface area contributed by atoms with Gasteiger partial charge in [0, 0.05) is 11.8 Å². The summed E-state index contributed by atoms with van der Waals surface area (Å²) in [6.45, 7) is 0. The molecule has 0 saturated carbocycles. The minimum atomic E-state index is -0.966. The lowest BCUT2D eigenvalue weighted by atomic mass is 10.2. The van der Waals surface area contributed by atoms with E-state index in [4.69, 9.17) is 26.2 Å². The van der Waals surface area contributed by atoms with Gasteiger partial charge in [-0.3, -0.25) is 0 Å². The first-order chi connectivity index (χ1) is 10.0. The lowest BCUT2D eigenvalue weighted by Crippen LogP contribution is -1.98. The van der Waals surface area contributed by atoms with Gasteiger partial charge in [-0.25, -0.2) is 4.79 Å². The summed E-state index contributed by atoms with van der Waals surface area (Å²) in [5.41, 5.74) is 1.60. The maximum absolute atomic E-state index is 10.8. The molecular weight excluding hydrogens is 294 g/mol. The van der Waals surface area contributed by atoms with Crippen molar-refractivity contribution >= 4 is 28.9 Å². The summed E-state index contributed by atoms with van der Waals surface area (Å²) >= 11 is 6.09. The largest absolute Gasteiger partial charge is 0.495 e.